The van der Waals surface area contributed by atoms with Gasteiger partial charge in [0.1, 0.15) is 18.1 Å². The van der Waals surface area contributed by atoms with Crippen LogP contribution in [0, 0.1) is 0 Å². The van der Waals surface area contributed by atoms with Crippen molar-refractivity contribution in [2.24, 2.45) is 0 Å². The molecule has 0 saturated carbocycles. The lowest BCUT2D eigenvalue weighted by molar-refractivity contribution is -0.137. The van der Waals surface area contributed by atoms with Crippen molar-refractivity contribution in [3.8, 4) is 23.0 Å². The Morgan fingerprint density at radius 2 is 1.50 bits per heavy atom. The molecule has 0 heterocycles. The largest absolute Gasteiger partial charge is 0.496 e. The van der Waals surface area contributed by atoms with Crippen molar-refractivity contribution in [2.45, 2.75) is 6.18 Å². The molecule has 28 heavy (non-hydrogen) atoms. The molecule has 0 aromatic heterocycles. The maximum absolute atomic E-state index is 12.5. The van der Waals surface area contributed by atoms with Gasteiger partial charge in [0.2, 0.25) is 0 Å². The van der Waals surface area contributed by atoms with Gasteiger partial charge in [0.25, 0.3) is 5.91 Å². The van der Waals surface area contributed by atoms with Crippen LogP contribution in [0.25, 0.3) is 0 Å². The second-order valence-electron chi connectivity index (χ2n) is 5.53. The summed E-state index contributed by atoms with van der Waals surface area (Å²) in [5.74, 6) is 0.939. The van der Waals surface area contributed by atoms with E-state index >= 15 is 0 Å². The van der Waals surface area contributed by atoms with Crippen LogP contribution in [0.15, 0.2) is 36.4 Å². The number of ether oxygens (including phenoxy) is 4. The van der Waals surface area contributed by atoms with Crippen molar-refractivity contribution < 1.29 is 36.9 Å². The summed E-state index contributed by atoms with van der Waals surface area (Å²) < 4.78 is 58.5. The summed E-state index contributed by atoms with van der Waals surface area (Å²) in [5, 5.41) is 2.65. The molecular formula is C19H20F3NO5. The van der Waals surface area contributed by atoms with Gasteiger partial charge in [-0.1, -0.05) is 0 Å². The monoisotopic (exact) mass is 399 g/mol. The normalized spacial score (nSPS) is 10.9. The Morgan fingerprint density at radius 3 is 2.04 bits per heavy atom. The average Bonchev–Trinajstić information content (AvgIpc) is 2.69. The van der Waals surface area contributed by atoms with Crippen LogP contribution in [0.5, 0.6) is 23.0 Å². The van der Waals surface area contributed by atoms with Gasteiger partial charge in [0.15, 0.2) is 11.5 Å². The maximum atomic E-state index is 12.5. The third-order valence-corrected chi connectivity index (χ3v) is 3.79. The fourth-order valence-electron chi connectivity index (χ4n) is 2.38. The summed E-state index contributed by atoms with van der Waals surface area (Å²) in [5.41, 5.74) is -0.511. The van der Waals surface area contributed by atoms with Crippen LogP contribution in [-0.4, -0.2) is 40.4 Å². The second-order valence-corrected chi connectivity index (χ2v) is 5.53. The smallest absolute Gasteiger partial charge is 0.416 e. The van der Waals surface area contributed by atoms with Gasteiger partial charge in [-0.3, -0.25) is 4.79 Å². The third kappa shape index (κ3) is 5.21. The summed E-state index contributed by atoms with van der Waals surface area (Å²) in [6, 6.07) is 7.34. The van der Waals surface area contributed by atoms with Crippen molar-refractivity contribution >= 4 is 5.91 Å². The number of amides is 1. The molecule has 2 rings (SSSR count). The quantitative estimate of drug-likeness (QED) is 0.688. The zero-order valence-corrected chi connectivity index (χ0v) is 15.6. The Balaban J connectivity index is 1.94. The Morgan fingerprint density at radius 1 is 0.929 bits per heavy atom. The number of halogens is 3. The van der Waals surface area contributed by atoms with E-state index in [1.165, 1.54) is 45.6 Å². The van der Waals surface area contributed by atoms with Gasteiger partial charge in [-0.05, 0) is 24.3 Å². The first kappa shape index (κ1) is 21.2. The fraction of sp³-hybridized carbons (Fsp3) is 0.316. The number of nitrogens with one attached hydrogen (secondary N) is 1. The van der Waals surface area contributed by atoms with Crippen molar-refractivity contribution in [1.82, 2.24) is 5.32 Å². The van der Waals surface area contributed by atoms with Gasteiger partial charge >= 0.3 is 6.18 Å². The predicted octanol–water partition coefficient (Wildman–Crippen LogP) is 3.54. The van der Waals surface area contributed by atoms with Crippen molar-refractivity contribution in [3.63, 3.8) is 0 Å². The molecule has 9 heteroatoms. The highest BCUT2D eigenvalue weighted by Gasteiger charge is 2.30. The molecule has 0 saturated heterocycles. The molecule has 6 nitrogen and oxygen atoms in total. The SMILES string of the molecule is COc1cc(OC)c(C(=O)NCCOc2ccc(C(F)(F)F)cc2)cc1OC. The van der Waals surface area contributed by atoms with E-state index in [1.54, 1.807) is 0 Å². The molecule has 1 amide bonds. The minimum Gasteiger partial charge on any atom is -0.496 e. The zero-order valence-electron chi connectivity index (χ0n) is 15.6. The van der Waals surface area contributed by atoms with Crippen LogP contribution in [0.2, 0.25) is 0 Å². The second kappa shape index (κ2) is 9.20. The van der Waals surface area contributed by atoms with E-state index in [9.17, 15) is 18.0 Å². The Labute approximate surface area is 160 Å². The van der Waals surface area contributed by atoms with Crippen LogP contribution in [-0.2, 0) is 6.18 Å². The summed E-state index contributed by atoms with van der Waals surface area (Å²) in [6.07, 6.45) is -4.40. The third-order valence-electron chi connectivity index (χ3n) is 3.79. The summed E-state index contributed by atoms with van der Waals surface area (Å²) in [6.45, 7) is 0.212. The summed E-state index contributed by atoms with van der Waals surface area (Å²) in [4.78, 5) is 12.4. The molecule has 0 aliphatic carbocycles. The predicted molar refractivity (Wildman–Crippen MR) is 95.4 cm³/mol. The Kier molecular flexibility index (Phi) is 6.97. The van der Waals surface area contributed by atoms with E-state index in [-0.39, 0.29) is 24.5 Å². The standard InChI is InChI=1S/C19H20F3NO5/c1-25-15-11-17(27-3)16(26-2)10-14(15)18(24)23-8-9-28-13-6-4-12(5-7-13)19(20,21)22/h4-7,10-11H,8-9H2,1-3H3,(H,23,24). The van der Waals surface area contributed by atoms with E-state index in [2.05, 4.69) is 5.32 Å². The molecule has 152 valence electrons. The zero-order chi connectivity index (χ0) is 20.7. The number of hydrogen-bond acceptors (Lipinski definition) is 5. The average molecular weight is 399 g/mol. The topological polar surface area (TPSA) is 66.0 Å². The summed E-state index contributed by atoms with van der Waals surface area (Å²) >= 11 is 0. The Hall–Kier alpha value is -3.10. The summed E-state index contributed by atoms with van der Waals surface area (Å²) in [7, 11) is 4.34. The highest BCUT2D eigenvalue weighted by molar-refractivity contribution is 5.97. The van der Waals surface area contributed by atoms with Gasteiger partial charge in [0.05, 0.1) is 39.0 Å². The molecule has 0 radical (unpaired) electrons. The number of methoxy groups -OCH3 is 3. The van der Waals surface area contributed by atoms with Gasteiger partial charge in [0, 0.05) is 12.1 Å². The number of benzene rings is 2. The number of hydrogen-bond donors (Lipinski definition) is 1. The lowest BCUT2D eigenvalue weighted by atomic mass is 10.1. The molecule has 2 aromatic rings. The lowest BCUT2D eigenvalue weighted by Gasteiger charge is -2.14. The van der Waals surface area contributed by atoms with Gasteiger partial charge in [-0.2, -0.15) is 13.2 Å². The molecule has 1 N–H and O–H groups in total. The van der Waals surface area contributed by atoms with Crippen molar-refractivity contribution in [2.75, 3.05) is 34.5 Å². The minimum atomic E-state index is -4.40. The number of rotatable bonds is 8. The minimum absolute atomic E-state index is 0.0761. The van der Waals surface area contributed by atoms with E-state index in [0.717, 1.165) is 12.1 Å². The van der Waals surface area contributed by atoms with E-state index in [1.807, 2.05) is 0 Å². The molecule has 0 aliphatic rings. The molecule has 0 spiro atoms. The van der Waals surface area contributed by atoms with Crippen LogP contribution in [0.1, 0.15) is 15.9 Å². The molecule has 0 atom stereocenters. The fourth-order valence-corrected chi connectivity index (χ4v) is 2.38. The number of carbonyl (C=O) groups is 1. The molecule has 0 fully saturated rings. The van der Waals surface area contributed by atoms with Crippen molar-refractivity contribution in [1.29, 1.82) is 0 Å². The molecule has 0 bridgehead atoms. The lowest BCUT2D eigenvalue weighted by Crippen LogP contribution is -2.28. The van der Waals surface area contributed by atoms with Gasteiger partial charge in [-0.15, -0.1) is 0 Å². The van der Waals surface area contributed by atoms with Gasteiger partial charge < -0.3 is 24.3 Å². The first-order chi connectivity index (χ1) is 13.3. The van der Waals surface area contributed by atoms with Crippen LogP contribution < -0.4 is 24.3 Å². The number of alkyl halides is 3. The first-order valence-electron chi connectivity index (χ1n) is 8.18. The molecule has 0 aliphatic heterocycles. The highest BCUT2D eigenvalue weighted by Crippen LogP contribution is 2.34. The molecule has 0 unspecified atom stereocenters. The van der Waals surface area contributed by atoms with E-state index in [0.29, 0.717) is 17.2 Å². The van der Waals surface area contributed by atoms with E-state index < -0.39 is 17.6 Å². The van der Waals surface area contributed by atoms with Crippen LogP contribution in [0.3, 0.4) is 0 Å². The van der Waals surface area contributed by atoms with Crippen molar-refractivity contribution in [3.05, 3.63) is 47.5 Å². The van der Waals surface area contributed by atoms with E-state index in [4.69, 9.17) is 18.9 Å². The first-order valence-corrected chi connectivity index (χ1v) is 8.18. The highest BCUT2D eigenvalue weighted by atomic mass is 19.4. The van der Waals surface area contributed by atoms with Crippen LogP contribution >= 0.6 is 0 Å². The Bertz CT molecular complexity index is 806. The molecular weight excluding hydrogens is 379 g/mol. The van der Waals surface area contributed by atoms with Gasteiger partial charge in [-0.25, -0.2) is 0 Å². The molecule has 2 aromatic carbocycles. The number of carbonyl (C=O) groups excluding carboxylic acids is 1. The maximum Gasteiger partial charge on any atom is 0.416 e. The van der Waals surface area contributed by atoms with Crippen LogP contribution in [0.4, 0.5) is 13.2 Å².